The number of methoxy groups -OCH3 is 1. The summed E-state index contributed by atoms with van der Waals surface area (Å²) in [6, 6.07) is 7.78. The average Bonchev–Trinajstić information content (AvgIpc) is 3.53. The number of aromatic nitrogens is 2. The number of piperidine rings is 1. The number of carbonyl (C=O) groups is 2. The molecule has 4 rings (SSSR count). The molecule has 1 saturated carbocycles. The molecule has 1 aromatic heterocycles. The third kappa shape index (κ3) is 5.60. The number of benzene rings is 1. The molecule has 1 aromatic carbocycles. The van der Waals surface area contributed by atoms with Crippen LogP contribution in [0.1, 0.15) is 36.6 Å². The lowest BCUT2D eigenvalue weighted by Gasteiger charge is -2.37. The Balaban J connectivity index is 0.00000289. The average molecular weight is 480 g/mol. The van der Waals surface area contributed by atoms with Gasteiger partial charge in [-0.2, -0.15) is 17.7 Å². The molecule has 2 aliphatic rings. The van der Waals surface area contributed by atoms with Crippen molar-refractivity contribution in [3.63, 3.8) is 0 Å². The highest BCUT2D eigenvalue weighted by molar-refractivity contribution is 7.81. The van der Waals surface area contributed by atoms with Crippen molar-refractivity contribution in [2.24, 2.45) is 5.92 Å². The molecule has 9 heteroatoms. The minimum absolute atomic E-state index is 0. The van der Waals surface area contributed by atoms with E-state index >= 15 is 0 Å². The summed E-state index contributed by atoms with van der Waals surface area (Å²) in [5.41, 5.74) is 2.16. The molecule has 2 unspecified atom stereocenters. The Hall–Kier alpha value is -2.16. The van der Waals surface area contributed by atoms with Crippen LogP contribution < -0.4 is 0 Å². The van der Waals surface area contributed by atoms with Crippen LogP contribution in [0.3, 0.4) is 0 Å². The first-order valence-corrected chi connectivity index (χ1v) is 11.0. The van der Waals surface area contributed by atoms with Crippen LogP contribution in [0.5, 0.6) is 0 Å². The van der Waals surface area contributed by atoms with Crippen molar-refractivity contribution in [2.45, 2.75) is 37.1 Å². The Bertz CT molecular complexity index is 1010. The van der Waals surface area contributed by atoms with Gasteiger partial charge in [-0.3, -0.25) is 19.2 Å². The fourth-order valence-electron chi connectivity index (χ4n) is 4.00. The summed E-state index contributed by atoms with van der Waals surface area (Å²) < 4.78 is 20.8. The first-order chi connectivity index (χ1) is 15.0. The number of Topliss-reactive ketones (excluding diaryl/α,β-unsaturated/α-hetero) is 1. The molecule has 6 nitrogen and oxygen atoms in total. The summed E-state index contributed by atoms with van der Waals surface area (Å²) in [6.45, 7) is 1.22. The van der Waals surface area contributed by atoms with Crippen LogP contribution in [0.4, 0.5) is 4.39 Å². The van der Waals surface area contributed by atoms with Crippen LogP contribution in [0, 0.1) is 11.7 Å². The molecule has 2 heterocycles. The first-order valence-electron chi connectivity index (χ1n) is 10.5. The van der Waals surface area contributed by atoms with E-state index < -0.39 is 6.04 Å². The van der Waals surface area contributed by atoms with Crippen LogP contribution in [0.25, 0.3) is 6.08 Å². The number of thiol groups is 1. The lowest BCUT2D eigenvalue weighted by Crippen LogP contribution is -2.42. The summed E-state index contributed by atoms with van der Waals surface area (Å²) in [6.07, 6.45) is 6.18. The molecular formula is C23H27ClFN3O3S. The van der Waals surface area contributed by atoms with Crippen molar-refractivity contribution in [1.82, 2.24) is 14.7 Å². The molecule has 2 fully saturated rings. The Morgan fingerprint density at radius 2 is 2.03 bits per heavy atom. The Morgan fingerprint density at radius 3 is 2.72 bits per heavy atom. The molecule has 2 atom stereocenters. The van der Waals surface area contributed by atoms with Gasteiger partial charge in [-0.15, -0.1) is 12.4 Å². The lowest BCUT2D eigenvalue weighted by atomic mass is 9.93. The highest BCUT2D eigenvalue weighted by Gasteiger charge is 2.40. The van der Waals surface area contributed by atoms with E-state index in [2.05, 4.69) is 14.7 Å². The fraction of sp³-hybridized carbons (Fsp3) is 0.435. The fourth-order valence-corrected chi connectivity index (χ4v) is 4.27. The number of halogens is 2. The van der Waals surface area contributed by atoms with Crippen molar-refractivity contribution in [3.8, 4) is 0 Å². The highest BCUT2D eigenvalue weighted by Crippen LogP contribution is 2.39. The molecule has 0 N–H and O–H groups in total. The highest BCUT2D eigenvalue weighted by atomic mass is 35.5. The molecule has 0 radical (unpaired) electrons. The van der Waals surface area contributed by atoms with E-state index in [1.807, 2.05) is 12.1 Å². The molecule has 1 aliphatic heterocycles. The van der Waals surface area contributed by atoms with E-state index in [-0.39, 0.29) is 47.7 Å². The van der Waals surface area contributed by atoms with Gasteiger partial charge in [0.05, 0.1) is 18.8 Å². The second kappa shape index (κ2) is 10.6. The van der Waals surface area contributed by atoms with Crippen molar-refractivity contribution < 1.29 is 18.7 Å². The molecule has 0 spiro atoms. The van der Waals surface area contributed by atoms with E-state index in [4.69, 9.17) is 12.6 Å². The third-order valence-corrected chi connectivity index (χ3v) is 6.42. The van der Waals surface area contributed by atoms with Gasteiger partial charge in [0.1, 0.15) is 12.4 Å². The molecule has 1 aliphatic carbocycles. The zero-order valence-corrected chi connectivity index (χ0v) is 19.5. The summed E-state index contributed by atoms with van der Waals surface area (Å²) in [4.78, 5) is 26.6. The molecule has 172 valence electrons. The predicted octanol–water partition coefficient (Wildman–Crippen LogP) is 3.72. The van der Waals surface area contributed by atoms with Gasteiger partial charge < -0.3 is 4.74 Å². The maximum atomic E-state index is 14.6. The number of ether oxygens (including phenoxy) is 1. The van der Waals surface area contributed by atoms with Crippen LogP contribution in [0.2, 0.25) is 0 Å². The van der Waals surface area contributed by atoms with Gasteiger partial charge in [0.15, 0.2) is 5.78 Å². The maximum absolute atomic E-state index is 14.6. The van der Waals surface area contributed by atoms with Gasteiger partial charge in [0.2, 0.25) is 0 Å². The SMILES string of the molecule is COC(=O)Cn1ccc(C=C2CN(C(C(=O)C3CC3)c3ccccc3F)CCC2S)n1.Cl. The number of ketones is 1. The summed E-state index contributed by atoms with van der Waals surface area (Å²) >= 11 is 4.72. The third-order valence-electron chi connectivity index (χ3n) is 5.83. The second-order valence-corrected chi connectivity index (χ2v) is 8.73. The molecule has 0 amide bonds. The number of carbonyl (C=O) groups excluding carboxylic acids is 2. The number of hydrogen-bond acceptors (Lipinski definition) is 6. The quantitative estimate of drug-likeness (QED) is 0.484. The normalized spacial score (nSPS) is 21.1. The Labute approximate surface area is 198 Å². The number of nitrogens with zero attached hydrogens (tertiary/aromatic N) is 3. The molecule has 1 saturated heterocycles. The summed E-state index contributed by atoms with van der Waals surface area (Å²) in [5, 5.41) is 4.43. The van der Waals surface area contributed by atoms with E-state index in [0.29, 0.717) is 24.3 Å². The zero-order chi connectivity index (χ0) is 22.0. The van der Waals surface area contributed by atoms with Gasteiger partial charge in [-0.1, -0.05) is 18.2 Å². The Kier molecular flexibility index (Phi) is 8.14. The van der Waals surface area contributed by atoms with Gasteiger partial charge >= 0.3 is 5.97 Å². The largest absolute Gasteiger partial charge is 0.468 e. The standard InChI is InChI=1S/C23H26FN3O3S.ClH/c1-30-21(28)14-27-11-8-17(25-27)12-16-13-26(10-9-20(16)31)22(23(29)15-6-7-15)18-4-2-3-5-19(18)24;/h2-5,8,11-12,15,20,22,31H,6-7,9-10,13-14H2,1H3;1H. The first kappa shape index (κ1) is 24.5. The van der Waals surface area contributed by atoms with E-state index in [0.717, 1.165) is 24.8 Å². The predicted molar refractivity (Wildman–Crippen MR) is 125 cm³/mol. The van der Waals surface area contributed by atoms with Gasteiger partial charge in [0.25, 0.3) is 0 Å². The van der Waals surface area contributed by atoms with E-state index in [1.54, 1.807) is 24.4 Å². The zero-order valence-electron chi connectivity index (χ0n) is 17.8. The van der Waals surface area contributed by atoms with Crippen LogP contribution in [-0.2, 0) is 20.9 Å². The Morgan fingerprint density at radius 1 is 1.28 bits per heavy atom. The van der Waals surface area contributed by atoms with Crippen LogP contribution in [0.15, 0.2) is 42.1 Å². The number of likely N-dealkylation sites (tertiary alicyclic amines) is 1. The molecule has 2 aromatic rings. The smallest absolute Gasteiger partial charge is 0.327 e. The number of esters is 1. The van der Waals surface area contributed by atoms with Crippen molar-refractivity contribution in [3.05, 3.63) is 59.2 Å². The summed E-state index contributed by atoms with van der Waals surface area (Å²) in [7, 11) is 1.34. The second-order valence-electron chi connectivity index (χ2n) is 8.11. The van der Waals surface area contributed by atoms with Gasteiger partial charge in [-0.25, -0.2) is 4.39 Å². The minimum atomic E-state index is -0.588. The maximum Gasteiger partial charge on any atom is 0.327 e. The van der Waals surface area contributed by atoms with Crippen LogP contribution in [-0.4, -0.2) is 51.9 Å². The molecule has 32 heavy (non-hydrogen) atoms. The van der Waals surface area contributed by atoms with Gasteiger partial charge in [-0.05, 0) is 43.0 Å². The van der Waals surface area contributed by atoms with Crippen molar-refractivity contribution in [2.75, 3.05) is 20.2 Å². The minimum Gasteiger partial charge on any atom is -0.468 e. The lowest BCUT2D eigenvalue weighted by molar-refractivity contribution is -0.141. The van der Waals surface area contributed by atoms with Crippen molar-refractivity contribution >= 4 is 42.9 Å². The van der Waals surface area contributed by atoms with Crippen molar-refractivity contribution in [1.29, 1.82) is 0 Å². The van der Waals surface area contributed by atoms with E-state index in [9.17, 15) is 14.0 Å². The van der Waals surface area contributed by atoms with Gasteiger partial charge in [0, 0.05) is 36.0 Å². The number of rotatable bonds is 7. The monoisotopic (exact) mass is 479 g/mol. The number of hydrogen-bond donors (Lipinski definition) is 1. The summed E-state index contributed by atoms with van der Waals surface area (Å²) in [5.74, 6) is -0.588. The molecule has 0 bridgehead atoms. The van der Waals surface area contributed by atoms with Crippen LogP contribution >= 0.6 is 25.0 Å². The topological polar surface area (TPSA) is 64.4 Å². The molecular weight excluding hydrogens is 453 g/mol. The van der Waals surface area contributed by atoms with E-state index in [1.165, 1.54) is 17.9 Å².